The van der Waals surface area contributed by atoms with Crippen molar-refractivity contribution in [2.24, 2.45) is 0 Å². The van der Waals surface area contributed by atoms with E-state index < -0.39 is 17.7 Å². The van der Waals surface area contributed by atoms with Crippen molar-refractivity contribution in [2.75, 3.05) is 11.9 Å². The molecule has 2 aromatic carbocycles. The van der Waals surface area contributed by atoms with E-state index in [1.807, 2.05) is 12.1 Å². The highest BCUT2D eigenvalue weighted by atomic mass is 35.5. The number of nitrogens with one attached hydrogen (secondary N) is 1. The lowest BCUT2D eigenvalue weighted by Gasteiger charge is -2.25. The van der Waals surface area contributed by atoms with Gasteiger partial charge in [-0.3, -0.25) is 0 Å². The zero-order chi connectivity index (χ0) is 16.4. The monoisotopic (exact) mass is 336 g/mol. The molecule has 2 amide bonds. The van der Waals surface area contributed by atoms with E-state index in [0.717, 1.165) is 30.5 Å². The van der Waals surface area contributed by atoms with Crippen LogP contribution < -0.4 is 5.32 Å². The molecule has 0 saturated carbocycles. The van der Waals surface area contributed by atoms with E-state index in [4.69, 9.17) is 11.6 Å². The summed E-state index contributed by atoms with van der Waals surface area (Å²) < 4.78 is 26.6. The van der Waals surface area contributed by atoms with E-state index in [-0.39, 0.29) is 11.7 Å². The van der Waals surface area contributed by atoms with Crippen molar-refractivity contribution >= 4 is 23.3 Å². The van der Waals surface area contributed by atoms with Crippen LogP contribution in [-0.2, 0) is 0 Å². The molecule has 1 atom stereocenters. The molecule has 23 heavy (non-hydrogen) atoms. The predicted molar refractivity (Wildman–Crippen MR) is 85.5 cm³/mol. The fourth-order valence-corrected chi connectivity index (χ4v) is 2.95. The lowest BCUT2D eigenvalue weighted by Crippen LogP contribution is -2.34. The van der Waals surface area contributed by atoms with Gasteiger partial charge in [0.1, 0.15) is 11.6 Å². The molecule has 3 nitrogen and oxygen atoms in total. The summed E-state index contributed by atoms with van der Waals surface area (Å²) in [6.07, 6.45) is 1.70. The predicted octanol–water partition coefficient (Wildman–Crippen LogP) is 4.99. The summed E-state index contributed by atoms with van der Waals surface area (Å²) in [4.78, 5) is 14.1. The van der Waals surface area contributed by atoms with Crippen molar-refractivity contribution in [2.45, 2.75) is 18.9 Å². The Balaban J connectivity index is 1.76. The van der Waals surface area contributed by atoms with Crippen LogP contribution in [0, 0.1) is 11.6 Å². The van der Waals surface area contributed by atoms with Crippen molar-refractivity contribution in [1.82, 2.24) is 4.90 Å². The Hall–Kier alpha value is -2.14. The van der Waals surface area contributed by atoms with Gasteiger partial charge < -0.3 is 10.2 Å². The molecule has 0 aromatic heterocycles. The molecule has 1 fully saturated rings. The standard InChI is InChI=1S/C17H15ClF2N2O/c18-12-5-3-11(4-6-12)16-2-1-9-22(16)17(23)21-15-8-7-13(19)10-14(15)20/h3-8,10,16H,1-2,9H2,(H,21,23)/t16-/m1/s1. The Bertz CT molecular complexity index is 721. The largest absolute Gasteiger partial charge is 0.322 e. The van der Waals surface area contributed by atoms with Gasteiger partial charge in [-0.15, -0.1) is 0 Å². The fourth-order valence-electron chi connectivity index (χ4n) is 2.82. The minimum absolute atomic E-state index is 0.0295. The van der Waals surface area contributed by atoms with Crippen LogP contribution in [0.1, 0.15) is 24.4 Å². The summed E-state index contributed by atoms with van der Waals surface area (Å²) >= 11 is 5.89. The van der Waals surface area contributed by atoms with Gasteiger partial charge >= 0.3 is 6.03 Å². The molecule has 0 aliphatic carbocycles. The topological polar surface area (TPSA) is 32.3 Å². The van der Waals surface area contributed by atoms with Gasteiger partial charge in [0.25, 0.3) is 0 Å². The lowest BCUT2D eigenvalue weighted by atomic mass is 10.1. The third kappa shape index (κ3) is 3.45. The van der Waals surface area contributed by atoms with Gasteiger partial charge in [-0.25, -0.2) is 13.6 Å². The second-order valence-corrected chi connectivity index (χ2v) is 5.89. The third-order valence-corrected chi connectivity index (χ3v) is 4.19. The maximum absolute atomic E-state index is 13.7. The molecule has 120 valence electrons. The molecule has 1 aliphatic heterocycles. The molecule has 1 N–H and O–H groups in total. The third-order valence-electron chi connectivity index (χ3n) is 3.94. The van der Waals surface area contributed by atoms with E-state index in [1.54, 1.807) is 17.0 Å². The molecular weight excluding hydrogens is 322 g/mol. The summed E-state index contributed by atoms with van der Waals surface area (Å²) in [5.41, 5.74) is 0.958. The maximum atomic E-state index is 13.7. The first kappa shape index (κ1) is 15.7. The van der Waals surface area contributed by atoms with Crippen LogP contribution in [0.3, 0.4) is 0 Å². The minimum Gasteiger partial charge on any atom is -0.317 e. The first-order valence-electron chi connectivity index (χ1n) is 7.33. The first-order valence-corrected chi connectivity index (χ1v) is 7.70. The van der Waals surface area contributed by atoms with Crippen molar-refractivity contribution in [3.63, 3.8) is 0 Å². The number of carbonyl (C=O) groups is 1. The van der Waals surface area contributed by atoms with Gasteiger partial charge in [0.15, 0.2) is 0 Å². The molecule has 1 saturated heterocycles. The number of hydrogen-bond donors (Lipinski definition) is 1. The lowest BCUT2D eigenvalue weighted by molar-refractivity contribution is 0.207. The quantitative estimate of drug-likeness (QED) is 0.823. The van der Waals surface area contributed by atoms with Gasteiger partial charge in [0, 0.05) is 17.6 Å². The molecule has 1 aliphatic rings. The highest BCUT2D eigenvalue weighted by Gasteiger charge is 2.30. The van der Waals surface area contributed by atoms with Crippen LogP contribution in [0.5, 0.6) is 0 Å². The molecule has 0 bridgehead atoms. The van der Waals surface area contributed by atoms with E-state index >= 15 is 0 Å². The Labute approximate surface area is 137 Å². The molecule has 2 aromatic rings. The summed E-state index contributed by atoms with van der Waals surface area (Å²) in [5, 5.41) is 3.15. The Morgan fingerprint density at radius 3 is 2.61 bits per heavy atom. The van der Waals surface area contributed by atoms with Crippen LogP contribution in [0.15, 0.2) is 42.5 Å². The zero-order valence-corrected chi connectivity index (χ0v) is 13.0. The van der Waals surface area contributed by atoms with E-state index in [9.17, 15) is 13.6 Å². The molecule has 0 radical (unpaired) electrons. The van der Waals surface area contributed by atoms with Gasteiger partial charge in [-0.2, -0.15) is 0 Å². The van der Waals surface area contributed by atoms with E-state index in [1.165, 1.54) is 6.07 Å². The van der Waals surface area contributed by atoms with Crippen LogP contribution in [-0.4, -0.2) is 17.5 Å². The number of benzene rings is 2. The average Bonchev–Trinajstić information content (AvgIpc) is 3.00. The van der Waals surface area contributed by atoms with E-state index in [2.05, 4.69) is 5.32 Å². The number of anilines is 1. The first-order chi connectivity index (χ1) is 11.0. The molecule has 1 heterocycles. The maximum Gasteiger partial charge on any atom is 0.322 e. The highest BCUT2D eigenvalue weighted by molar-refractivity contribution is 6.30. The number of amides is 2. The SMILES string of the molecule is O=C(Nc1ccc(F)cc1F)N1CCC[C@@H]1c1ccc(Cl)cc1. The van der Waals surface area contributed by atoms with Gasteiger partial charge in [0.2, 0.25) is 0 Å². The highest BCUT2D eigenvalue weighted by Crippen LogP contribution is 2.33. The molecular formula is C17H15ClF2N2O. The number of urea groups is 1. The number of nitrogens with zero attached hydrogens (tertiary/aromatic N) is 1. The summed E-state index contributed by atoms with van der Waals surface area (Å²) in [5.74, 6) is -1.47. The van der Waals surface area contributed by atoms with Gasteiger partial charge in [-0.05, 0) is 42.7 Å². The smallest absolute Gasteiger partial charge is 0.317 e. The number of likely N-dealkylation sites (tertiary alicyclic amines) is 1. The molecule has 0 spiro atoms. The Morgan fingerprint density at radius 1 is 1.17 bits per heavy atom. The number of halogens is 3. The van der Waals surface area contributed by atoms with Crippen molar-refractivity contribution in [3.8, 4) is 0 Å². The normalized spacial score (nSPS) is 17.3. The fraction of sp³-hybridized carbons (Fsp3) is 0.235. The molecule has 6 heteroatoms. The van der Waals surface area contributed by atoms with Crippen molar-refractivity contribution in [3.05, 3.63) is 64.7 Å². The number of hydrogen-bond acceptors (Lipinski definition) is 1. The van der Waals surface area contributed by atoms with Crippen molar-refractivity contribution < 1.29 is 13.6 Å². The molecule has 0 unspecified atom stereocenters. The summed E-state index contributed by atoms with van der Waals surface area (Å²) in [6.45, 7) is 0.585. The van der Waals surface area contributed by atoms with Gasteiger partial charge in [-0.1, -0.05) is 23.7 Å². The summed E-state index contributed by atoms with van der Waals surface area (Å²) in [7, 11) is 0. The van der Waals surface area contributed by atoms with Crippen LogP contribution in [0.25, 0.3) is 0 Å². The summed E-state index contributed by atoms with van der Waals surface area (Å²) in [6, 6.07) is 9.94. The van der Waals surface area contributed by atoms with Crippen molar-refractivity contribution in [1.29, 1.82) is 0 Å². The zero-order valence-electron chi connectivity index (χ0n) is 12.2. The minimum atomic E-state index is -0.791. The second kappa shape index (κ2) is 6.54. The van der Waals surface area contributed by atoms with Crippen LogP contribution in [0.4, 0.5) is 19.3 Å². The van der Waals surface area contributed by atoms with Crippen LogP contribution >= 0.6 is 11.6 Å². The van der Waals surface area contributed by atoms with Crippen LogP contribution in [0.2, 0.25) is 5.02 Å². The number of rotatable bonds is 2. The Kier molecular flexibility index (Phi) is 4.48. The number of carbonyl (C=O) groups excluding carboxylic acids is 1. The Morgan fingerprint density at radius 2 is 1.91 bits per heavy atom. The molecule has 3 rings (SSSR count). The second-order valence-electron chi connectivity index (χ2n) is 5.46. The van der Waals surface area contributed by atoms with Gasteiger partial charge in [0.05, 0.1) is 11.7 Å². The van der Waals surface area contributed by atoms with E-state index in [0.29, 0.717) is 11.6 Å². The average molecular weight is 337 g/mol.